The summed E-state index contributed by atoms with van der Waals surface area (Å²) in [5.41, 5.74) is 13.0. The van der Waals surface area contributed by atoms with Gasteiger partial charge in [-0.2, -0.15) is 0 Å². The summed E-state index contributed by atoms with van der Waals surface area (Å²) in [7, 11) is 0. The first-order chi connectivity index (χ1) is 30.2. The van der Waals surface area contributed by atoms with E-state index in [1.807, 2.05) is 36.4 Å². The van der Waals surface area contributed by atoms with Crippen LogP contribution in [0.25, 0.3) is 105 Å². The minimum Gasteiger partial charge on any atom is -0.455 e. The van der Waals surface area contributed by atoms with Crippen LogP contribution >= 0.6 is 0 Å². The molecule has 0 saturated carbocycles. The molecule has 3 heterocycles. The van der Waals surface area contributed by atoms with E-state index >= 15 is 0 Å². The molecule has 0 spiro atoms. The summed E-state index contributed by atoms with van der Waals surface area (Å²) in [5, 5.41) is 7.22. The van der Waals surface area contributed by atoms with Gasteiger partial charge in [-0.15, -0.1) is 0 Å². The summed E-state index contributed by atoms with van der Waals surface area (Å²) in [6.45, 7) is 9.65. The molecule has 0 atom stereocenters. The van der Waals surface area contributed by atoms with Gasteiger partial charge in [-0.3, -0.25) is 0 Å². The molecule has 62 heavy (non-hydrogen) atoms. The van der Waals surface area contributed by atoms with Crippen LogP contribution in [0.2, 0.25) is 0 Å². The van der Waals surface area contributed by atoms with Crippen LogP contribution in [-0.2, 0) is 10.8 Å². The van der Waals surface area contributed by atoms with Crippen LogP contribution in [0, 0.1) is 0 Å². The van der Waals surface area contributed by atoms with Crippen molar-refractivity contribution in [1.82, 2.24) is 19.5 Å². The van der Waals surface area contributed by atoms with Crippen molar-refractivity contribution in [2.24, 2.45) is 0 Å². The van der Waals surface area contributed by atoms with Crippen molar-refractivity contribution >= 4 is 54.5 Å². The number of hydrogen-bond acceptors (Lipinski definition) is 4. The summed E-state index contributed by atoms with van der Waals surface area (Å²) in [6.07, 6.45) is 2.33. The number of rotatable bonds is 5. The number of benzene rings is 8. The summed E-state index contributed by atoms with van der Waals surface area (Å²) in [4.78, 5) is 15.7. The highest BCUT2D eigenvalue weighted by molar-refractivity contribution is 6.21. The van der Waals surface area contributed by atoms with Crippen LogP contribution in [0.5, 0.6) is 0 Å². The maximum absolute atomic E-state index is 6.53. The molecule has 0 radical (unpaired) electrons. The summed E-state index contributed by atoms with van der Waals surface area (Å²) in [5.74, 6) is 1.76. The molecule has 0 amide bonds. The lowest BCUT2D eigenvalue weighted by atomic mass is 9.63. The summed E-state index contributed by atoms with van der Waals surface area (Å²) < 4.78 is 8.99. The van der Waals surface area contributed by atoms with Gasteiger partial charge in [-0.05, 0) is 111 Å². The lowest BCUT2D eigenvalue weighted by molar-refractivity contribution is 0.332. The van der Waals surface area contributed by atoms with Gasteiger partial charge in [0, 0.05) is 38.4 Å². The molecule has 0 bridgehead atoms. The summed E-state index contributed by atoms with van der Waals surface area (Å²) in [6, 6.07) is 60.3. The first kappa shape index (κ1) is 36.5. The molecule has 11 aromatic rings. The molecule has 0 unspecified atom stereocenters. The first-order valence-corrected chi connectivity index (χ1v) is 21.7. The molecule has 0 N–H and O–H groups in total. The lowest BCUT2D eigenvalue weighted by Crippen LogP contribution is -2.33. The fraction of sp³-hybridized carbons (Fsp3) is 0.140. The quantitative estimate of drug-likeness (QED) is 0.174. The maximum Gasteiger partial charge on any atom is 0.167 e. The SMILES string of the molecule is CC1(C)CCC(C)(C)c2cc3c(cc21)c1c2ccccc2ccc1n3-c1ccc(-c2nc(-c3ccccc3-c3ccccc3)nc(-c3cccc4c3oc3ccccc34)n2)cc1. The second-order valence-electron chi connectivity index (χ2n) is 18.2. The Morgan fingerprint density at radius 3 is 1.85 bits per heavy atom. The van der Waals surface area contributed by atoms with Gasteiger partial charge in [0.05, 0.1) is 16.6 Å². The highest BCUT2D eigenvalue weighted by Crippen LogP contribution is 2.49. The molecular formula is C57H44N4O. The van der Waals surface area contributed by atoms with E-state index in [0.717, 1.165) is 61.9 Å². The van der Waals surface area contributed by atoms with Crippen LogP contribution < -0.4 is 0 Å². The molecule has 5 nitrogen and oxygen atoms in total. The molecule has 0 saturated heterocycles. The second kappa shape index (κ2) is 13.6. The number of fused-ring (bicyclic) bond motifs is 9. The van der Waals surface area contributed by atoms with E-state index in [1.165, 1.54) is 50.1 Å². The summed E-state index contributed by atoms with van der Waals surface area (Å²) >= 11 is 0. The van der Waals surface area contributed by atoms with Gasteiger partial charge < -0.3 is 8.98 Å². The minimum absolute atomic E-state index is 0.0756. The first-order valence-electron chi connectivity index (χ1n) is 21.7. The standard InChI is InChI=1S/C57H44N4O/c1-56(2)31-32-57(3,4)47-34-49-45(33-46(47)56)51-40-19-9-8-17-36(40)27-30-48(51)61(49)38-28-25-37(26-29-38)53-58-54(43-21-11-10-18-39(43)35-15-6-5-7-16-35)60-55(59-53)44-23-14-22-42-41-20-12-13-24-50(41)62-52(42)44/h5-30,33-34H,31-32H2,1-4H3. The molecule has 1 aliphatic carbocycles. The second-order valence-corrected chi connectivity index (χ2v) is 18.2. The van der Waals surface area contributed by atoms with Gasteiger partial charge in [0.2, 0.25) is 0 Å². The number of aromatic nitrogens is 4. The Morgan fingerprint density at radius 2 is 1.06 bits per heavy atom. The van der Waals surface area contributed by atoms with Gasteiger partial charge in [0.1, 0.15) is 11.2 Å². The van der Waals surface area contributed by atoms with Crippen molar-refractivity contribution in [1.29, 1.82) is 0 Å². The van der Waals surface area contributed by atoms with Gasteiger partial charge in [0.25, 0.3) is 0 Å². The Kier molecular flexibility index (Phi) is 7.98. The van der Waals surface area contributed by atoms with Crippen molar-refractivity contribution in [2.75, 3.05) is 0 Å². The van der Waals surface area contributed by atoms with E-state index in [0.29, 0.717) is 17.5 Å². The molecule has 5 heteroatoms. The van der Waals surface area contributed by atoms with Crippen LogP contribution in [-0.4, -0.2) is 19.5 Å². The van der Waals surface area contributed by atoms with Gasteiger partial charge in [-0.25, -0.2) is 15.0 Å². The predicted octanol–water partition coefficient (Wildman–Crippen LogP) is 15.0. The van der Waals surface area contributed by atoms with Crippen molar-refractivity contribution in [3.63, 3.8) is 0 Å². The fourth-order valence-corrected chi connectivity index (χ4v) is 10.1. The number of furan rings is 1. The van der Waals surface area contributed by atoms with Crippen molar-refractivity contribution in [3.8, 4) is 51.0 Å². The maximum atomic E-state index is 6.53. The van der Waals surface area contributed by atoms with E-state index in [1.54, 1.807) is 0 Å². The van der Waals surface area contributed by atoms with Crippen molar-refractivity contribution in [2.45, 2.75) is 51.4 Å². The molecule has 12 rings (SSSR count). The molecular weight excluding hydrogens is 757 g/mol. The van der Waals surface area contributed by atoms with Crippen molar-refractivity contribution in [3.05, 3.63) is 181 Å². The minimum atomic E-state index is 0.0756. The Labute approximate surface area is 360 Å². The largest absolute Gasteiger partial charge is 0.455 e. The third kappa shape index (κ3) is 5.65. The van der Waals surface area contributed by atoms with E-state index in [4.69, 9.17) is 19.4 Å². The van der Waals surface area contributed by atoms with Gasteiger partial charge in [-0.1, -0.05) is 143 Å². The van der Waals surface area contributed by atoms with Gasteiger partial charge >= 0.3 is 0 Å². The lowest BCUT2D eigenvalue weighted by Gasteiger charge is -2.42. The van der Waals surface area contributed by atoms with Crippen molar-refractivity contribution < 1.29 is 4.42 Å². The highest BCUT2D eigenvalue weighted by atomic mass is 16.3. The average molecular weight is 801 g/mol. The zero-order chi connectivity index (χ0) is 41.7. The molecule has 8 aromatic carbocycles. The van der Waals surface area contributed by atoms with Crippen LogP contribution in [0.3, 0.4) is 0 Å². The zero-order valence-electron chi connectivity index (χ0n) is 35.3. The number of hydrogen-bond donors (Lipinski definition) is 0. The zero-order valence-corrected chi connectivity index (χ0v) is 35.3. The predicted molar refractivity (Wildman–Crippen MR) is 256 cm³/mol. The Bertz CT molecular complexity index is 3570. The number of para-hydroxylation sites is 2. The molecule has 0 aliphatic heterocycles. The van der Waals surface area contributed by atoms with Crippen LogP contribution in [0.15, 0.2) is 174 Å². The monoisotopic (exact) mass is 800 g/mol. The van der Waals surface area contributed by atoms with E-state index < -0.39 is 0 Å². The average Bonchev–Trinajstić information content (AvgIpc) is 3.86. The fourth-order valence-electron chi connectivity index (χ4n) is 10.1. The van der Waals surface area contributed by atoms with E-state index in [-0.39, 0.29) is 10.8 Å². The van der Waals surface area contributed by atoms with E-state index in [2.05, 4.69) is 166 Å². The molecule has 298 valence electrons. The van der Waals surface area contributed by atoms with Crippen LogP contribution in [0.4, 0.5) is 0 Å². The number of nitrogens with zero attached hydrogens (tertiary/aromatic N) is 4. The topological polar surface area (TPSA) is 56.7 Å². The Balaban J connectivity index is 1.07. The smallest absolute Gasteiger partial charge is 0.167 e. The normalized spacial score (nSPS) is 14.6. The Hall–Kier alpha value is -7.37. The third-order valence-corrected chi connectivity index (χ3v) is 13.5. The molecule has 0 fully saturated rings. The van der Waals surface area contributed by atoms with E-state index in [9.17, 15) is 0 Å². The van der Waals surface area contributed by atoms with Gasteiger partial charge in [0.15, 0.2) is 17.5 Å². The van der Waals surface area contributed by atoms with Crippen LogP contribution in [0.1, 0.15) is 51.7 Å². The third-order valence-electron chi connectivity index (χ3n) is 13.5. The molecule has 1 aliphatic rings. The molecule has 3 aromatic heterocycles. The highest BCUT2D eigenvalue weighted by Gasteiger charge is 2.38. The Morgan fingerprint density at radius 1 is 0.452 bits per heavy atom.